The standard InChI is InChI=1S/C9H18N2S/c1-8-2-4-11(7-8)9-3-5-12-10-6-9/h8-10H,2-7H2,1H3. The Hall–Kier alpha value is 0.270. The molecule has 0 aliphatic carbocycles. The molecule has 70 valence electrons. The van der Waals surface area contributed by atoms with Gasteiger partial charge in [-0.15, -0.1) is 0 Å². The number of hydrogen-bond acceptors (Lipinski definition) is 3. The fourth-order valence-corrected chi connectivity index (χ4v) is 2.98. The zero-order valence-electron chi connectivity index (χ0n) is 7.75. The third kappa shape index (κ3) is 1.95. The molecule has 2 rings (SSSR count). The zero-order valence-corrected chi connectivity index (χ0v) is 8.57. The summed E-state index contributed by atoms with van der Waals surface area (Å²) in [7, 11) is 0. The molecule has 0 saturated carbocycles. The molecule has 0 spiro atoms. The zero-order chi connectivity index (χ0) is 8.39. The van der Waals surface area contributed by atoms with Gasteiger partial charge in [-0.1, -0.05) is 18.9 Å². The Labute approximate surface area is 79.2 Å². The summed E-state index contributed by atoms with van der Waals surface area (Å²) >= 11 is 1.88. The van der Waals surface area contributed by atoms with Crippen LogP contribution in [-0.2, 0) is 0 Å². The highest BCUT2D eigenvalue weighted by Crippen LogP contribution is 2.21. The monoisotopic (exact) mass is 186 g/mol. The minimum absolute atomic E-state index is 0.830. The van der Waals surface area contributed by atoms with Crippen LogP contribution in [0.5, 0.6) is 0 Å². The molecular formula is C9H18N2S. The van der Waals surface area contributed by atoms with Gasteiger partial charge in [0, 0.05) is 24.9 Å². The first-order valence-electron chi connectivity index (χ1n) is 4.95. The lowest BCUT2D eigenvalue weighted by Crippen LogP contribution is -2.42. The van der Waals surface area contributed by atoms with E-state index in [2.05, 4.69) is 16.5 Å². The van der Waals surface area contributed by atoms with E-state index >= 15 is 0 Å². The van der Waals surface area contributed by atoms with Crippen LogP contribution in [0, 0.1) is 5.92 Å². The fourth-order valence-electron chi connectivity index (χ4n) is 2.14. The van der Waals surface area contributed by atoms with Crippen molar-refractivity contribution in [2.24, 2.45) is 5.92 Å². The second kappa shape index (κ2) is 3.99. The van der Waals surface area contributed by atoms with E-state index in [1.165, 1.54) is 38.2 Å². The molecule has 2 unspecified atom stereocenters. The molecule has 3 heteroatoms. The smallest absolute Gasteiger partial charge is 0.0238 e. The number of likely N-dealkylation sites (tertiary alicyclic amines) is 1. The van der Waals surface area contributed by atoms with Crippen LogP contribution >= 0.6 is 11.9 Å². The molecule has 0 aromatic rings. The van der Waals surface area contributed by atoms with Crippen molar-refractivity contribution >= 4 is 11.9 Å². The SMILES string of the molecule is CC1CCN(C2CCSNC2)C1. The van der Waals surface area contributed by atoms with Gasteiger partial charge in [-0.25, -0.2) is 0 Å². The van der Waals surface area contributed by atoms with Gasteiger partial charge in [-0.05, 0) is 25.3 Å². The summed E-state index contributed by atoms with van der Waals surface area (Å²) in [5.74, 6) is 2.22. The number of nitrogens with one attached hydrogen (secondary N) is 1. The van der Waals surface area contributed by atoms with E-state index < -0.39 is 0 Å². The average molecular weight is 186 g/mol. The summed E-state index contributed by atoms with van der Waals surface area (Å²) in [5.41, 5.74) is 0. The first kappa shape index (κ1) is 8.85. The number of rotatable bonds is 1. The highest BCUT2D eigenvalue weighted by molar-refractivity contribution is 7.97. The van der Waals surface area contributed by atoms with Gasteiger partial charge in [0.25, 0.3) is 0 Å². The summed E-state index contributed by atoms with van der Waals surface area (Å²) in [6.07, 6.45) is 2.79. The number of nitrogens with zero attached hydrogens (tertiary/aromatic N) is 1. The van der Waals surface area contributed by atoms with E-state index in [0.717, 1.165) is 12.0 Å². The van der Waals surface area contributed by atoms with Gasteiger partial charge in [0.1, 0.15) is 0 Å². The molecule has 0 aromatic carbocycles. The van der Waals surface area contributed by atoms with Gasteiger partial charge in [0.15, 0.2) is 0 Å². The molecule has 0 amide bonds. The van der Waals surface area contributed by atoms with E-state index in [0.29, 0.717) is 0 Å². The van der Waals surface area contributed by atoms with Crippen LogP contribution in [0.2, 0.25) is 0 Å². The molecule has 0 radical (unpaired) electrons. The van der Waals surface area contributed by atoms with Crippen LogP contribution in [0.3, 0.4) is 0 Å². The third-order valence-electron chi connectivity index (χ3n) is 2.95. The van der Waals surface area contributed by atoms with Gasteiger partial charge >= 0.3 is 0 Å². The van der Waals surface area contributed by atoms with Gasteiger partial charge in [0.05, 0.1) is 0 Å². The molecule has 2 fully saturated rings. The topological polar surface area (TPSA) is 15.3 Å². The molecule has 2 atom stereocenters. The Morgan fingerprint density at radius 1 is 1.42 bits per heavy atom. The van der Waals surface area contributed by atoms with Gasteiger partial charge in [-0.3, -0.25) is 9.62 Å². The summed E-state index contributed by atoms with van der Waals surface area (Å²) in [6, 6.07) is 0.830. The van der Waals surface area contributed by atoms with Crippen molar-refractivity contribution in [3.8, 4) is 0 Å². The lowest BCUT2D eigenvalue weighted by molar-refractivity contribution is 0.229. The predicted octanol–water partition coefficient (Wildman–Crippen LogP) is 1.34. The van der Waals surface area contributed by atoms with E-state index in [1.807, 2.05) is 11.9 Å². The third-order valence-corrected chi connectivity index (χ3v) is 3.76. The van der Waals surface area contributed by atoms with Crippen molar-refractivity contribution in [3.63, 3.8) is 0 Å². The minimum atomic E-state index is 0.830. The van der Waals surface area contributed by atoms with E-state index in [1.54, 1.807) is 0 Å². The molecule has 0 aromatic heterocycles. The van der Waals surface area contributed by atoms with Crippen molar-refractivity contribution in [2.75, 3.05) is 25.4 Å². The Morgan fingerprint density at radius 2 is 2.33 bits per heavy atom. The molecule has 0 bridgehead atoms. The maximum absolute atomic E-state index is 3.40. The minimum Gasteiger partial charge on any atom is -0.299 e. The van der Waals surface area contributed by atoms with Crippen molar-refractivity contribution in [2.45, 2.75) is 25.8 Å². The van der Waals surface area contributed by atoms with E-state index in [9.17, 15) is 0 Å². The Balaban J connectivity index is 1.83. The first-order valence-corrected chi connectivity index (χ1v) is 5.93. The maximum Gasteiger partial charge on any atom is 0.0238 e. The lowest BCUT2D eigenvalue weighted by atomic mass is 10.1. The Morgan fingerprint density at radius 3 is 2.92 bits per heavy atom. The largest absolute Gasteiger partial charge is 0.299 e. The summed E-state index contributed by atoms with van der Waals surface area (Å²) in [4.78, 5) is 2.66. The van der Waals surface area contributed by atoms with Crippen LogP contribution in [0.25, 0.3) is 0 Å². The number of hydrogen-bond donors (Lipinski definition) is 1. The normalized spacial score (nSPS) is 38.8. The van der Waals surface area contributed by atoms with Gasteiger partial charge < -0.3 is 0 Å². The van der Waals surface area contributed by atoms with Crippen molar-refractivity contribution in [1.29, 1.82) is 0 Å². The quantitative estimate of drug-likeness (QED) is 0.622. The van der Waals surface area contributed by atoms with Crippen molar-refractivity contribution in [3.05, 3.63) is 0 Å². The molecule has 2 saturated heterocycles. The maximum atomic E-state index is 3.40. The lowest BCUT2D eigenvalue weighted by Gasteiger charge is -2.30. The molecular weight excluding hydrogens is 168 g/mol. The second-order valence-corrected chi connectivity index (χ2v) is 5.01. The first-order chi connectivity index (χ1) is 5.86. The Bertz CT molecular complexity index is 143. The van der Waals surface area contributed by atoms with E-state index in [4.69, 9.17) is 0 Å². The van der Waals surface area contributed by atoms with Gasteiger partial charge in [0.2, 0.25) is 0 Å². The summed E-state index contributed by atoms with van der Waals surface area (Å²) in [6.45, 7) is 6.22. The average Bonchev–Trinajstić information content (AvgIpc) is 2.54. The summed E-state index contributed by atoms with van der Waals surface area (Å²) < 4.78 is 3.40. The molecule has 2 heterocycles. The van der Waals surface area contributed by atoms with Gasteiger partial charge in [-0.2, -0.15) is 0 Å². The highest BCUT2D eigenvalue weighted by atomic mass is 32.2. The summed E-state index contributed by atoms with van der Waals surface area (Å²) in [5, 5.41) is 0. The molecule has 2 nitrogen and oxygen atoms in total. The molecule has 2 aliphatic heterocycles. The van der Waals surface area contributed by atoms with Crippen LogP contribution in [0.4, 0.5) is 0 Å². The van der Waals surface area contributed by atoms with Crippen LogP contribution in [0.1, 0.15) is 19.8 Å². The second-order valence-electron chi connectivity index (χ2n) is 4.03. The molecule has 2 aliphatic rings. The molecule has 12 heavy (non-hydrogen) atoms. The van der Waals surface area contributed by atoms with Crippen molar-refractivity contribution < 1.29 is 0 Å². The fraction of sp³-hybridized carbons (Fsp3) is 1.00. The van der Waals surface area contributed by atoms with Crippen LogP contribution in [-0.4, -0.2) is 36.3 Å². The van der Waals surface area contributed by atoms with Crippen LogP contribution < -0.4 is 4.72 Å². The highest BCUT2D eigenvalue weighted by Gasteiger charge is 2.26. The van der Waals surface area contributed by atoms with Crippen LogP contribution in [0.15, 0.2) is 0 Å². The van der Waals surface area contributed by atoms with E-state index in [-0.39, 0.29) is 0 Å². The van der Waals surface area contributed by atoms with Crippen molar-refractivity contribution in [1.82, 2.24) is 9.62 Å². The predicted molar refractivity (Wildman–Crippen MR) is 54.2 cm³/mol. The Kier molecular flexibility index (Phi) is 2.94. The molecule has 1 N–H and O–H groups in total.